The van der Waals surface area contributed by atoms with Crippen LogP contribution in [0.2, 0.25) is 15.2 Å². The number of rotatable bonds is 6. The molecule has 0 spiro atoms. The number of aromatic nitrogens is 1. The largest absolute Gasteiger partial charge is 0.399 e. The summed E-state index contributed by atoms with van der Waals surface area (Å²) in [5.41, 5.74) is 2.36. The summed E-state index contributed by atoms with van der Waals surface area (Å²) in [6.07, 6.45) is -0.422. The molecule has 0 N–H and O–H groups in total. The summed E-state index contributed by atoms with van der Waals surface area (Å²) < 4.78 is 41.0. The lowest BCUT2D eigenvalue weighted by Gasteiger charge is -2.18. The van der Waals surface area contributed by atoms with Crippen LogP contribution < -0.4 is 0 Å². The third kappa shape index (κ3) is 6.35. The Balaban J connectivity index is 1.82. The normalized spacial score (nSPS) is 12.8. The number of alkyl halides is 3. The maximum Gasteiger partial charge on any atom is 0.399 e. The predicted molar refractivity (Wildman–Crippen MR) is 123 cm³/mol. The molecule has 1 atom stereocenters. The van der Waals surface area contributed by atoms with Gasteiger partial charge in [-0.3, -0.25) is 4.79 Å². The third-order valence-electron chi connectivity index (χ3n) is 4.78. The van der Waals surface area contributed by atoms with Crippen LogP contribution in [0.25, 0.3) is 6.08 Å². The van der Waals surface area contributed by atoms with Crippen molar-refractivity contribution in [2.45, 2.75) is 25.4 Å². The zero-order valence-corrected chi connectivity index (χ0v) is 19.0. The minimum atomic E-state index is -4.53. The lowest BCUT2D eigenvalue weighted by molar-refractivity contribution is -0.139. The van der Waals surface area contributed by atoms with Crippen molar-refractivity contribution >= 4 is 46.7 Å². The molecule has 0 radical (unpaired) electrons. The molecule has 0 amide bonds. The smallest absolute Gasteiger partial charge is 0.294 e. The van der Waals surface area contributed by atoms with Crippen LogP contribution >= 0.6 is 34.8 Å². The summed E-state index contributed by atoms with van der Waals surface area (Å²) >= 11 is 17.5. The van der Waals surface area contributed by atoms with Gasteiger partial charge in [0, 0.05) is 28.2 Å². The number of halogens is 6. The molecule has 0 aliphatic rings. The topological polar surface area (TPSA) is 30.0 Å². The summed E-state index contributed by atoms with van der Waals surface area (Å²) in [6, 6.07) is 12.1. The van der Waals surface area contributed by atoms with Gasteiger partial charge in [0.2, 0.25) is 0 Å². The van der Waals surface area contributed by atoms with Gasteiger partial charge >= 0.3 is 6.18 Å². The van der Waals surface area contributed by atoms with E-state index in [4.69, 9.17) is 34.8 Å². The molecule has 1 unspecified atom stereocenters. The van der Waals surface area contributed by atoms with Crippen LogP contribution in [-0.4, -0.2) is 16.9 Å². The predicted octanol–water partition coefficient (Wildman–Crippen LogP) is 8.13. The fourth-order valence-electron chi connectivity index (χ4n) is 3.27. The second kappa shape index (κ2) is 10.1. The van der Waals surface area contributed by atoms with Crippen LogP contribution in [0.5, 0.6) is 0 Å². The average molecular weight is 499 g/mol. The molecule has 3 rings (SSSR count). The molecule has 32 heavy (non-hydrogen) atoms. The fraction of sp³-hybridized carbons (Fsp3) is 0.167. The molecule has 0 saturated heterocycles. The standard InChI is InChI=1S/C24H17Cl3F3NO/c1-14-8-15(2-5-20(14)22(32)9-16-4-7-23(27)31-13-16)3-6-21(24(28,29)30)17-10-18(25)12-19(26)11-17/h2-8,10-13,21H,9H2,1H3/b6-3+. The first-order chi connectivity index (χ1) is 15.0. The molecule has 3 aromatic rings. The van der Waals surface area contributed by atoms with Crippen LogP contribution in [0.1, 0.15) is 38.5 Å². The molecule has 1 aromatic heterocycles. The number of hydrogen-bond donors (Lipinski definition) is 0. The highest BCUT2D eigenvalue weighted by molar-refractivity contribution is 6.34. The van der Waals surface area contributed by atoms with Gasteiger partial charge in [0.25, 0.3) is 0 Å². The number of Topliss-reactive ketones (excluding diaryl/α,β-unsaturated/α-hetero) is 1. The molecule has 1 heterocycles. The van der Waals surface area contributed by atoms with Gasteiger partial charge in [-0.25, -0.2) is 4.98 Å². The number of ketones is 1. The zero-order valence-electron chi connectivity index (χ0n) is 16.8. The first-order valence-corrected chi connectivity index (χ1v) is 10.6. The fourth-order valence-corrected chi connectivity index (χ4v) is 3.92. The van der Waals surface area contributed by atoms with Crippen LogP contribution in [0, 0.1) is 6.92 Å². The van der Waals surface area contributed by atoms with E-state index in [2.05, 4.69) is 4.98 Å². The first-order valence-electron chi connectivity index (χ1n) is 9.48. The van der Waals surface area contributed by atoms with Crippen molar-refractivity contribution in [3.63, 3.8) is 0 Å². The molecule has 166 valence electrons. The van der Waals surface area contributed by atoms with Gasteiger partial charge in [-0.1, -0.05) is 71.2 Å². The summed E-state index contributed by atoms with van der Waals surface area (Å²) in [4.78, 5) is 16.6. The Labute approximate surface area is 198 Å². The Bertz CT molecular complexity index is 1140. The molecule has 0 aliphatic carbocycles. The zero-order chi connectivity index (χ0) is 23.5. The summed E-state index contributed by atoms with van der Waals surface area (Å²) in [6.45, 7) is 1.74. The van der Waals surface area contributed by atoms with Crippen molar-refractivity contribution in [3.05, 3.63) is 104 Å². The Hall–Kier alpha value is -2.34. The molecule has 0 saturated carbocycles. The van der Waals surface area contributed by atoms with E-state index in [-0.39, 0.29) is 27.8 Å². The first kappa shape index (κ1) is 24.3. The van der Waals surface area contributed by atoms with Gasteiger partial charge in [-0.15, -0.1) is 0 Å². The van der Waals surface area contributed by atoms with Gasteiger partial charge in [0.15, 0.2) is 5.78 Å². The van der Waals surface area contributed by atoms with Crippen molar-refractivity contribution in [1.82, 2.24) is 4.98 Å². The molecule has 8 heteroatoms. The van der Waals surface area contributed by atoms with Crippen molar-refractivity contribution in [3.8, 4) is 0 Å². The van der Waals surface area contributed by atoms with Crippen LogP contribution in [0.3, 0.4) is 0 Å². The number of pyridine rings is 1. The maximum absolute atomic E-state index is 13.7. The van der Waals surface area contributed by atoms with Gasteiger partial charge in [0.1, 0.15) is 5.15 Å². The van der Waals surface area contributed by atoms with E-state index in [1.165, 1.54) is 30.5 Å². The second-order valence-electron chi connectivity index (χ2n) is 7.24. The number of benzene rings is 2. The Morgan fingerprint density at radius 2 is 1.72 bits per heavy atom. The summed E-state index contributed by atoms with van der Waals surface area (Å²) in [5.74, 6) is -2.00. The SMILES string of the molecule is Cc1cc(/C=C/C(c2cc(Cl)cc(Cl)c2)C(F)(F)F)ccc1C(=O)Cc1ccc(Cl)nc1. The molecule has 0 fully saturated rings. The number of allylic oxidation sites excluding steroid dienone is 1. The van der Waals surface area contributed by atoms with Gasteiger partial charge in [0.05, 0.1) is 5.92 Å². The van der Waals surface area contributed by atoms with Crippen LogP contribution in [0.15, 0.2) is 60.8 Å². The minimum absolute atomic E-state index is 0.0497. The highest BCUT2D eigenvalue weighted by Crippen LogP contribution is 2.38. The lowest BCUT2D eigenvalue weighted by atomic mass is 9.95. The van der Waals surface area contributed by atoms with Gasteiger partial charge in [-0.2, -0.15) is 13.2 Å². The van der Waals surface area contributed by atoms with Crippen molar-refractivity contribution < 1.29 is 18.0 Å². The van der Waals surface area contributed by atoms with E-state index in [9.17, 15) is 18.0 Å². The molecule has 2 nitrogen and oxygen atoms in total. The summed E-state index contributed by atoms with van der Waals surface area (Å²) in [7, 11) is 0. The van der Waals surface area contributed by atoms with Crippen molar-refractivity contribution in [1.29, 1.82) is 0 Å². The van der Waals surface area contributed by atoms with Crippen molar-refractivity contribution in [2.24, 2.45) is 0 Å². The van der Waals surface area contributed by atoms with Gasteiger partial charge in [-0.05, 0) is 53.4 Å². The second-order valence-corrected chi connectivity index (χ2v) is 8.50. The minimum Gasteiger partial charge on any atom is -0.294 e. The maximum atomic E-state index is 13.7. The number of aryl methyl sites for hydroxylation is 1. The molecule has 0 bridgehead atoms. The highest BCUT2D eigenvalue weighted by Gasteiger charge is 2.39. The Morgan fingerprint density at radius 3 is 2.28 bits per heavy atom. The van der Waals surface area contributed by atoms with E-state index in [0.717, 1.165) is 11.6 Å². The monoisotopic (exact) mass is 497 g/mol. The third-order valence-corrected chi connectivity index (χ3v) is 5.44. The quantitative estimate of drug-likeness (QED) is 0.254. The molecule has 0 aliphatic heterocycles. The summed E-state index contributed by atoms with van der Waals surface area (Å²) in [5, 5.41) is 0.597. The van der Waals surface area contributed by atoms with Crippen LogP contribution in [-0.2, 0) is 6.42 Å². The average Bonchev–Trinajstić information content (AvgIpc) is 2.68. The van der Waals surface area contributed by atoms with E-state index >= 15 is 0 Å². The number of carbonyl (C=O) groups excluding carboxylic acids is 1. The van der Waals surface area contributed by atoms with Crippen LogP contribution in [0.4, 0.5) is 13.2 Å². The molecular weight excluding hydrogens is 482 g/mol. The van der Waals surface area contributed by atoms with E-state index < -0.39 is 12.1 Å². The van der Waals surface area contributed by atoms with E-state index in [0.29, 0.717) is 21.8 Å². The highest BCUT2D eigenvalue weighted by atomic mass is 35.5. The Kier molecular flexibility index (Phi) is 7.65. The number of hydrogen-bond acceptors (Lipinski definition) is 2. The number of nitrogens with zero attached hydrogens (tertiary/aromatic N) is 1. The Morgan fingerprint density at radius 1 is 1.03 bits per heavy atom. The van der Waals surface area contributed by atoms with E-state index in [1.807, 2.05) is 0 Å². The lowest BCUT2D eigenvalue weighted by Crippen LogP contribution is -2.18. The van der Waals surface area contributed by atoms with Crippen molar-refractivity contribution in [2.75, 3.05) is 0 Å². The van der Waals surface area contributed by atoms with Gasteiger partial charge < -0.3 is 0 Å². The molecular formula is C24H17Cl3F3NO. The van der Waals surface area contributed by atoms with E-state index in [1.54, 1.807) is 37.3 Å². The molecule has 2 aromatic carbocycles. The number of carbonyl (C=O) groups is 1.